The number of phenols is 1. The van der Waals surface area contributed by atoms with Crippen LogP contribution in [0.3, 0.4) is 0 Å². The largest absolute Gasteiger partial charge is 0.507 e. The van der Waals surface area contributed by atoms with E-state index >= 15 is 0 Å². The van der Waals surface area contributed by atoms with Gasteiger partial charge in [0.05, 0.1) is 4.90 Å². The van der Waals surface area contributed by atoms with Gasteiger partial charge in [-0.3, -0.25) is 19.2 Å². The van der Waals surface area contributed by atoms with Crippen LogP contribution in [0.5, 0.6) is 5.75 Å². The van der Waals surface area contributed by atoms with Gasteiger partial charge in [-0.1, -0.05) is 0 Å². The molecule has 12 heteroatoms. The molecular formula is C16H22N4O7S. The van der Waals surface area contributed by atoms with Gasteiger partial charge in [-0.15, -0.1) is 11.8 Å². The number of hydrogen-bond acceptors (Lipinski definition) is 8. The highest BCUT2D eigenvalue weighted by molar-refractivity contribution is 7.99. The van der Waals surface area contributed by atoms with Crippen LogP contribution in [0.4, 0.5) is 5.69 Å². The zero-order valence-electron chi connectivity index (χ0n) is 14.8. The summed E-state index contributed by atoms with van der Waals surface area (Å²) in [4.78, 5) is 45.9. The standard InChI is InChI=1S/C16H22N4O7S/c17-8-1-3-11(21)12(5-8)28-7-10(15(25)19-6-14(23)24)20-13(22)4-2-9(18)16(26)27/h1,3,5,9-10,21H,2,4,6-7,17-18H2,(H,19,25)(H,20,22)(H,23,24)(H,26,27). The number of carboxylic acids is 2. The van der Waals surface area contributed by atoms with Gasteiger partial charge >= 0.3 is 11.9 Å². The van der Waals surface area contributed by atoms with Crippen LogP contribution < -0.4 is 22.1 Å². The van der Waals surface area contributed by atoms with Gasteiger partial charge in [-0.05, 0) is 24.6 Å². The molecule has 0 saturated carbocycles. The lowest BCUT2D eigenvalue weighted by Gasteiger charge is -2.18. The summed E-state index contributed by atoms with van der Waals surface area (Å²) in [5, 5.41) is 31.8. The molecule has 0 aliphatic rings. The minimum atomic E-state index is -1.26. The highest BCUT2D eigenvalue weighted by Crippen LogP contribution is 2.30. The van der Waals surface area contributed by atoms with Gasteiger partial charge < -0.3 is 37.4 Å². The molecule has 2 unspecified atom stereocenters. The van der Waals surface area contributed by atoms with E-state index in [0.717, 1.165) is 11.8 Å². The summed E-state index contributed by atoms with van der Waals surface area (Å²) in [6.07, 6.45) is -0.363. The first-order chi connectivity index (χ1) is 13.1. The molecule has 0 aliphatic carbocycles. The molecule has 2 amide bonds. The summed E-state index contributed by atoms with van der Waals surface area (Å²) in [7, 11) is 0. The number of nitrogens with one attached hydrogen (secondary N) is 2. The third kappa shape index (κ3) is 8.14. The molecule has 0 spiro atoms. The molecule has 1 aromatic carbocycles. The lowest BCUT2D eigenvalue weighted by Crippen LogP contribution is -2.49. The van der Waals surface area contributed by atoms with Crippen molar-refractivity contribution in [3.8, 4) is 5.75 Å². The van der Waals surface area contributed by atoms with E-state index in [1.165, 1.54) is 18.2 Å². The van der Waals surface area contributed by atoms with Crippen LogP contribution in [0.15, 0.2) is 23.1 Å². The molecule has 154 valence electrons. The Morgan fingerprint density at radius 3 is 2.46 bits per heavy atom. The van der Waals surface area contributed by atoms with E-state index in [4.69, 9.17) is 21.7 Å². The highest BCUT2D eigenvalue weighted by atomic mass is 32.2. The van der Waals surface area contributed by atoms with Crippen LogP contribution in [-0.4, -0.2) is 63.5 Å². The number of amides is 2. The molecule has 1 aromatic rings. The van der Waals surface area contributed by atoms with E-state index in [1.807, 2.05) is 0 Å². The van der Waals surface area contributed by atoms with Gasteiger partial charge in [0.25, 0.3) is 0 Å². The lowest BCUT2D eigenvalue weighted by molar-refractivity contribution is -0.139. The molecule has 0 fully saturated rings. The second-order valence-corrected chi connectivity index (χ2v) is 6.82. The van der Waals surface area contributed by atoms with Crippen molar-refractivity contribution in [2.24, 2.45) is 5.73 Å². The number of hydrogen-bond donors (Lipinski definition) is 7. The first-order valence-corrected chi connectivity index (χ1v) is 9.07. The smallest absolute Gasteiger partial charge is 0.322 e. The number of thioether (sulfide) groups is 1. The number of aliphatic carboxylic acids is 2. The molecule has 11 nitrogen and oxygen atoms in total. The van der Waals surface area contributed by atoms with Crippen molar-refractivity contribution in [3.05, 3.63) is 18.2 Å². The summed E-state index contributed by atoms with van der Waals surface area (Å²) in [6.45, 7) is -0.636. The molecule has 9 N–H and O–H groups in total. The minimum absolute atomic E-state index is 0.0286. The fraction of sp³-hybridized carbons (Fsp3) is 0.375. The Kier molecular flexibility index (Phi) is 9.05. The van der Waals surface area contributed by atoms with Crippen molar-refractivity contribution in [2.75, 3.05) is 18.0 Å². The maximum atomic E-state index is 12.2. The van der Waals surface area contributed by atoms with Crippen LogP contribution in [0.25, 0.3) is 0 Å². The summed E-state index contributed by atoms with van der Waals surface area (Å²) >= 11 is 1.03. The Bertz CT molecular complexity index is 744. The number of benzene rings is 1. The third-order valence-corrected chi connectivity index (χ3v) is 4.59. The number of carboxylic acid groups (broad SMARTS) is 2. The van der Waals surface area contributed by atoms with E-state index in [1.54, 1.807) is 0 Å². The quantitative estimate of drug-likeness (QED) is 0.133. The number of phenolic OH excluding ortho intramolecular Hbond substituents is 1. The van der Waals surface area contributed by atoms with E-state index in [-0.39, 0.29) is 24.3 Å². The van der Waals surface area contributed by atoms with Crippen molar-refractivity contribution in [1.29, 1.82) is 0 Å². The number of rotatable bonds is 11. The Hall–Kier alpha value is -2.99. The van der Waals surface area contributed by atoms with Gasteiger partial charge in [0.1, 0.15) is 24.4 Å². The van der Waals surface area contributed by atoms with Crippen molar-refractivity contribution in [3.63, 3.8) is 0 Å². The Balaban J connectivity index is 2.76. The molecule has 0 radical (unpaired) electrons. The first kappa shape index (κ1) is 23.0. The number of anilines is 1. The molecule has 0 bridgehead atoms. The second-order valence-electron chi connectivity index (χ2n) is 5.75. The molecule has 0 saturated heterocycles. The maximum absolute atomic E-state index is 12.2. The van der Waals surface area contributed by atoms with Crippen molar-refractivity contribution < 1.29 is 34.5 Å². The van der Waals surface area contributed by atoms with E-state index < -0.39 is 42.4 Å². The molecule has 2 atom stereocenters. The monoisotopic (exact) mass is 414 g/mol. The first-order valence-electron chi connectivity index (χ1n) is 8.08. The van der Waals surface area contributed by atoms with E-state index in [2.05, 4.69) is 10.6 Å². The van der Waals surface area contributed by atoms with Gasteiger partial charge in [-0.25, -0.2) is 0 Å². The normalized spacial score (nSPS) is 12.6. The number of aromatic hydroxyl groups is 1. The topological polar surface area (TPSA) is 205 Å². The zero-order valence-corrected chi connectivity index (χ0v) is 15.6. The molecule has 0 aliphatic heterocycles. The number of nitrogen functional groups attached to an aromatic ring is 1. The number of carbonyl (C=O) groups is 4. The van der Waals surface area contributed by atoms with Gasteiger partial charge in [0, 0.05) is 17.9 Å². The predicted molar refractivity (Wildman–Crippen MR) is 101 cm³/mol. The van der Waals surface area contributed by atoms with Crippen molar-refractivity contribution in [1.82, 2.24) is 10.6 Å². The van der Waals surface area contributed by atoms with Crippen LogP contribution in [0, 0.1) is 0 Å². The lowest BCUT2D eigenvalue weighted by atomic mass is 10.1. The molecule has 1 rings (SSSR count). The van der Waals surface area contributed by atoms with Crippen LogP contribution in [0.2, 0.25) is 0 Å². The average molecular weight is 414 g/mol. The maximum Gasteiger partial charge on any atom is 0.322 e. The predicted octanol–water partition coefficient (Wildman–Crippen LogP) is -1.06. The summed E-state index contributed by atoms with van der Waals surface area (Å²) in [5.41, 5.74) is 11.4. The fourth-order valence-corrected chi connectivity index (χ4v) is 2.98. The van der Waals surface area contributed by atoms with Gasteiger partial charge in [-0.2, -0.15) is 0 Å². The van der Waals surface area contributed by atoms with Crippen LogP contribution in [0.1, 0.15) is 12.8 Å². The van der Waals surface area contributed by atoms with E-state index in [9.17, 15) is 24.3 Å². The fourth-order valence-electron chi connectivity index (χ4n) is 1.96. The third-order valence-electron chi connectivity index (χ3n) is 3.45. The van der Waals surface area contributed by atoms with Gasteiger partial charge in [0.2, 0.25) is 11.8 Å². The summed E-state index contributed by atoms with van der Waals surface area (Å²) < 4.78 is 0. The second kappa shape index (κ2) is 11.0. The molecule has 0 heterocycles. The minimum Gasteiger partial charge on any atom is -0.507 e. The Morgan fingerprint density at radius 1 is 1.18 bits per heavy atom. The van der Waals surface area contributed by atoms with Crippen LogP contribution >= 0.6 is 11.8 Å². The van der Waals surface area contributed by atoms with E-state index in [0.29, 0.717) is 10.6 Å². The Labute approximate surface area is 164 Å². The van der Waals surface area contributed by atoms with Crippen LogP contribution in [-0.2, 0) is 19.2 Å². The number of carbonyl (C=O) groups excluding carboxylic acids is 2. The highest BCUT2D eigenvalue weighted by Gasteiger charge is 2.23. The van der Waals surface area contributed by atoms with Crippen molar-refractivity contribution >= 4 is 41.2 Å². The zero-order chi connectivity index (χ0) is 21.3. The summed E-state index contributed by atoms with van der Waals surface area (Å²) in [6, 6.07) is 2.01. The number of nitrogens with two attached hydrogens (primary N) is 2. The molecule has 0 aromatic heterocycles. The molecule has 28 heavy (non-hydrogen) atoms. The molecular weight excluding hydrogens is 392 g/mol. The summed E-state index contributed by atoms with van der Waals surface area (Å²) in [5.74, 6) is -3.97. The Morgan fingerprint density at radius 2 is 1.86 bits per heavy atom. The average Bonchev–Trinajstić information content (AvgIpc) is 2.63. The SMILES string of the molecule is Nc1ccc(O)c(SCC(NC(=O)CCC(N)C(=O)O)C(=O)NCC(=O)O)c1. The van der Waals surface area contributed by atoms with Gasteiger partial charge in [0.15, 0.2) is 0 Å². The van der Waals surface area contributed by atoms with Crippen molar-refractivity contribution in [2.45, 2.75) is 29.8 Å².